The number of ether oxygens (including phenoxy) is 1. The number of rotatable bonds is 10. The fourth-order valence-electron chi connectivity index (χ4n) is 7.28. The number of pyridine rings is 4. The number of carbonyl (C=O) groups excluding carboxylic acids is 1. The van der Waals surface area contributed by atoms with Crippen LogP contribution >= 0.6 is 0 Å². The molecule has 0 bridgehead atoms. The molecule has 4 heterocycles. The Balaban J connectivity index is 0.000000158. The van der Waals surface area contributed by atoms with E-state index in [2.05, 4.69) is 35.9 Å². The van der Waals surface area contributed by atoms with Gasteiger partial charge in [-0.2, -0.15) is 0 Å². The van der Waals surface area contributed by atoms with Crippen molar-refractivity contribution in [1.82, 2.24) is 25.3 Å². The summed E-state index contributed by atoms with van der Waals surface area (Å²) in [7, 11) is 0. The molecule has 0 aliphatic rings. The Morgan fingerprint density at radius 3 is 1.50 bits per heavy atom. The first kappa shape index (κ1) is 38.9. The minimum absolute atomic E-state index is 0.100. The van der Waals surface area contributed by atoms with Gasteiger partial charge in [-0.15, -0.1) is 0 Å². The Labute approximate surface area is 355 Å². The molecule has 10 rings (SSSR count). The average Bonchev–Trinajstić information content (AvgIpc) is 3.32. The van der Waals surface area contributed by atoms with Gasteiger partial charge in [0.2, 0.25) is 0 Å². The van der Waals surface area contributed by atoms with Crippen LogP contribution in [0.15, 0.2) is 192 Å². The number of carbonyl (C=O) groups is 1. The number of nitrogens with one attached hydrogen (secondary N) is 5. The Hall–Kier alpha value is -8.57. The van der Waals surface area contributed by atoms with E-state index in [4.69, 9.17) is 4.74 Å². The number of benzene rings is 6. The number of H-pyrrole nitrogens is 2. The van der Waals surface area contributed by atoms with Gasteiger partial charge in [-0.3, -0.25) is 14.4 Å². The number of hydrogen-bond donors (Lipinski definition) is 5. The van der Waals surface area contributed by atoms with Gasteiger partial charge in [0, 0.05) is 68.2 Å². The highest BCUT2D eigenvalue weighted by atomic mass is 16.5. The lowest BCUT2D eigenvalue weighted by atomic mass is 10.1. The van der Waals surface area contributed by atoms with E-state index in [1.54, 1.807) is 24.5 Å². The highest BCUT2D eigenvalue weighted by Crippen LogP contribution is 2.31. The zero-order valence-corrected chi connectivity index (χ0v) is 33.3. The van der Waals surface area contributed by atoms with Crippen molar-refractivity contribution in [3.63, 3.8) is 0 Å². The second kappa shape index (κ2) is 17.7. The molecule has 0 spiro atoms. The molecule has 4 aromatic heterocycles. The predicted octanol–water partition coefficient (Wildman–Crippen LogP) is 10.1. The summed E-state index contributed by atoms with van der Waals surface area (Å²) in [6, 6.07) is 53.8. The van der Waals surface area contributed by atoms with E-state index in [9.17, 15) is 14.4 Å². The summed E-state index contributed by atoms with van der Waals surface area (Å²) in [5.74, 6) is 0.704. The summed E-state index contributed by atoms with van der Waals surface area (Å²) in [6.45, 7) is 0.972. The van der Waals surface area contributed by atoms with Crippen molar-refractivity contribution in [3.05, 3.63) is 220 Å². The Bertz CT molecular complexity index is 3300. The summed E-state index contributed by atoms with van der Waals surface area (Å²) < 4.78 is 5.86. The number of anilines is 4. The van der Waals surface area contributed by atoms with Crippen molar-refractivity contribution in [2.75, 3.05) is 10.6 Å². The third-order valence-corrected chi connectivity index (χ3v) is 10.4. The van der Waals surface area contributed by atoms with E-state index in [-0.39, 0.29) is 17.0 Å². The molecule has 5 N–H and O–H groups in total. The highest BCUT2D eigenvalue weighted by molar-refractivity contribution is 6.12. The van der Waals surface area contributed by atoms with Crippen LogP contribution in [-0.2, 0) is 13.2 Å². The van der Waals surface area contributed by atoms with Gasteiger partial charge >= 0.3 is 0 Å². The van der Waals surface area contributed by atoms with E-state index in [0.717, 1.165) is 61.2 Å². The van der Waals surface area contributed by atoms with Crippen LogP contribution < -0.4 is 31.8 Å². The minimum atomic E-state index is -0.153. The van der Waals surface area contributed by atoms with Gasteiger partial charge in [0.25, 0.3) is 17.0 Å². The molecule has 11 heteroatoms. The molecule has 0 saturated carbocycles. The van der Waals surface area contributed by atoms with Crippen LogP contribution in [0.5, 0.6) is 5.75 Å². The van der Waals surface area contributed by atoms with Crippen molar-refractivity contribution in [2.24, 2.45) is 0 Å². The van der Waals surface area contributed by atoms with Crippen LogP contribution in [0.1, 0.15) is 21.5 Å². The van der Waals surface area contributed by atoms with Gasteiger partial charge < -0.3 is 30.7 Å². The van der Waals surface area contributed by atoms with Gasteiger partial charge in [-0.25, -0.2) is 9.97 Å². The van der Waals surface area contributed by atoms with Gasteiger partial charge in [-0.05, 0) is 83.9 Å². The maximum atomic E-state index is 12.4. The third-order valence-electron chi connectivity index (χ3n) is 10.4. The lowest BCUT2D eigenvalue weighted by Gasteiger charge is -2.12. The molecule has 62 heavy (non-hydrogen) atoms. The molecule has 0 radical (unpaired) electrons. The molecule has 0 aliphatic carbocycles. The fourth-order valence-corrected chi connectivity index (χ4v) is 7.28. The normalized spacial score (nSPS) is 10.9. The molecule has 0 aliphatic heterocycles. The highest BCUT2D eigenvalue weighted by Gasteiger charge is 2.12. The second-order valence-electron chi connectivity index (χ2n) is 14.5. The molecule has 302 valence electrons. The third kappa shape index (κ3) is 8.59. The van der Waals surface area contributed by atoms with Crippen LogP contribution in [0.4, 0.5) is 22.7 Å². The fraction of sp³-hybridized carbons (Fsp3) is 0.0392. The zero-order chi connectivity index (χ0) is 42.3. The summed E-state index contributed by atoms with van der Waals surface area (Å²) in [5, 5.41) is 14.5. The van der Waals surface area contributed by atoms with Crippen LogP contribution in [0.2, 0.25) is 0 Å². The molecular formula is C51H39N7O4. The number of amides is 1. The largest absolute Gasteiger partial charge is 0.489 e. The van der Waals surface area contributed by atoms with Crippen molar-refractivity contribution in [1.29, 1.82) is 0 Å². The summed E-state index contributed by atoms with van der Waals surface area (Å²) in [5.41, 5.74) is 7.13. The molecule has 0 unspecified atom stereocenters. The SMILES string of the molecule is O=C(NCc1ccc(Nc2ccnc3[nH]c(=O)c4ccccc4c23)cc1)c1ccccc1.O=c1[nH]c2nccc(Nc3ccc(OCc4ccccc4)cc3)c2c2ccccc12. The average molecular weight is 814 g/mol. The van der Waals surface area contributed by atoms with Crippen molar-refractivity contribution >= 4 is 72.3 Å². The van der Waals surface area contributed by atoms with Gasteiger partial charge in [0.1, 0.15) is 23.7 Å². The Kier molecular flexibility index (Phi) is 11.1. The summed E-state index contributed by atoms with van der Waals surface area (Å²) in [4.78, 5) is 51.3. The van der Waals surface area contributed by atoms with Gasteiger partial charge in [-0.1, -0.05) is 97.1 Å². The van der Waals surface area contributed by atoms with E-state index >= 15 is 0 Å². The standard InChI is InChI=1S/C26H20N4O2.C25H19N3O2/c31-25(18-6-2-1-3-7-18)28-16-17-10-12-19(13-11-17)29-22-14-15-27-24-23(22)20-8-4-5-9-21(20)26(32)30-24;29-25-21-9-5-4-8-20(21)23-22(14-15-26-24(23)28-25)27-18-10-12-19(13-11-18)30-16-17-6-2-1-3-7-17/h1-15H,16H2,(H,28,31)(H2,27,29,30,32);1-15H,16H2,(H2,26,27,28,29). The molecule has 0 fully saturated rings. The number of aromatic amines is 2. The number of aromatic nitrogens is 4. The monoisotopic (exact) mass is 813 g/mol. The summed E-state index contributed by atoms with van der Waals surface area (Å²) in [6.07, 6.45) is 3.36. The van der Waals surface area contributed by atoms with Crippen LogP contribution in [0.3, 0.4) is 0 Å². The maximum absolute atomic E-state index is 12.4. The topological polar surface area (TPSA) is 154 Å². The van der Waals surface area contributed by atoms with Crippen LogP contribution in [0.25, 0.3) is 43.6 Å². The molecule has 11 nitrogen and oxygen atoms in total. The zero-order valence-electron chi connectivity index (χ0n) is 33.3. The van der Waals surface area contributed by atoms with Crippen LogP contribution in [-0.4, -0.2) is 25.8 Å². The van der Waals surface area contributed by atoms with Gasteiger partial charge in [0.05, 0.1) is 11.4 Å². The van der Waals surface area contributed by atoms with Crippen molar-refractivity contribution in [3.8, 4) is 5.75 Å². The lowest BCUT2D eigenvalue weighted by molar-refractivity contribution is 0.0951. The Morgan fingerprint density at radius 2 is 0.968 bits per heavy atom. The molecular weight excluding hydrogens is 775 g/mol. The Morgan fingerprint density at radius 1 is 0.500 bits per heavy atom. The smallest absolute Gasteiger partial charge is 0.257 e. The first-order valence-electron chi connectivity index (χ1n) is 20.0. The molecule has 6 aromatic carbocycles. The molecule has 1 amide bonds. The quantitative estimate of drug-likeness (QED) is 0.0856. The lowest BCUT2D eigenvalue weighted by Crippen LogP contribution is -2.22. The van der Waals surface area contributed by atoms with E-state index in [0.29, 0.717) is 40.8 Å². The number of nitrogens with zero attached hydrogens (tertiary/aromatic N) is 2. The molecule has 0 saturated heterocycles. The summed E-state index contributed by atoms with van der Waals surface area (Å²) >= 11 is 0. The van der Waals surface area contributed by atoms with E-state index < -0.39 is 0 Å². The van der Waals surface area contributed by atoms with E-state index in [1.807, 2.05) is 158 Å². The van der Waals surface area contributed by atoms with Crippen LogP contribution in [0, 0.1) is 0 Å². The maximum Gasteiger partial charge on any atom is 0.257 e. The van der Waals surface area contributed by atoms with E-state index in [1.165, 1.54) is 0 Å². The van der Waals surface area contributed by atoms with Crippen molar-refractivity contribution in [2.45, 2.75) is 13.2 Å². The van der Waals surface area contributed by atoms with Crippen molar-refractivity contribution < 1.29 is 9.53 Å². The molecule has 0 atom stereocenters. The number of fused-ring (bicyclic) bond motifs is 6. The first-order valence-corrected chi connectivity index (χ1v) is 20.0. The molecule has 10 aromatic rings. The van der Waals surface area contributed by atoms with Gasteiger partial charge in [0.15, 0.2) is 0 Å². The second-order valence-corrected chi connectivity index (χ2v) is 14.5. The predicted molar refractivity (Wildman–Crippen MR) is 248 cm³/mol. The number of hydrogen-bond acceptors (Lipinski definition) is 8. The first-order chi connectivity index (χ1) is 30.5. The minimum Gasteiger partial charge on any atom is -0.489 e.